The molecule has 0 aromatic rings. The van der Waals surface area contributed by atoms with Crippen molar-refractivity contribution in [2.24, 2.45) is 17.6 Å². The largest absolute Gasteiger partial charge is 0.393 e. The molecule has 1 amide bonds. The first-order valence-electron chi connectivity index (χ1n) is 5.55. The molecule has 0 radical (unpaired) electrons. The summed E-state index contributed by atoms with van der Waals surface area (Å²) in [5.74, 6) is 0.329. The fourth-order valence-electron chi connectivity index (χ4n) is 2.02. The van der Waals surface area contributed by atoms with Gasteiger partial charge in [-0.3, -0.25) is 4.79 Å². The molecule has 1 aliphatic rings. The van der Waals surface area contributed by atoms with Crippen LogP contribution in [0.3, 0.4) is 0 Å². The molecule has 1 rings (SSSR count). The Balaban J connectivity index is 2.70. The van der Waals surface area contributed by atoms with Gasteiger partial charge < -0.3 is 10.6 Å². The van der Waals surface area contributed by atoms with Gasteiger partial charge in [-0.2, -0.15) is 0 Å². The predicted molar refractivity (Wildman–Crippen MR) is 65.5 cm³/mol. The van der Waals surface area contributed by atoms with Crippen LogP contribution in [0.15, 0.2) is 0 Å². The Bertz CT molecular complexity index is 267. The van der Waals surface area contributed by atoms with Crippen molar-refractivity contribution in [1.82, 2.24) is 4.90 Å². The first kappa shape index (κ1) is 12.4. The van der Waals surface area contributed by atoms with E-state index in [1.54, 1.807) is 6.92 Å². The van der Waals surface area contributed by atoms with E-state index in [-0.39, 0.29) is 11.8 Å². The summed E-state index contributed by atoms with van der Waals surface area (Å²) in [4.78, 5) is 14.3. The molecule has 3 unspecified atom stereocenters. The molecule has 0 bridgehead atoms. The topological polar surface area (TPSA) is 46.3 Å². The van der Waals surface area contributed by atoms with Crippen LogP contribution in [-0.2, 0) is 4.79 Å². The van der Waals surface area contributed by atoms with E-state index < -0.39 is 0 Å². The number of nitrogens with two attached hydrogens (primary N) is 1. The van der Waals surface area contributed by atoms with Crippen molar-refractivity contribution < 1.29 is 4.79 Å². The standard InChI is InChI=1S/C11H20N2OS/c1-7-5-4-6-13(9(7)3)11(14)8(2)10(12)15/h7-9H,4-6H2,1-3H3,(H2,12,15). The molecule has 2 N–H and O–H groups in total. The van der Waals surface area contributed by atoms with E-state index in [2.05, 4.69) is 13.8 Å². The Morgan fingerprint density at radius 1 is 1.53 bits per heavy atom. The molecule has 0 aromatic heterocycles. The van der Waals surface area contributed by atoms with Crippen molar-refractivity contribution in [3.05, 3.63) is 0 Å². The van der Waals surface area contributed by atoms with Crippen molar-refractivity contribution in [3.63, 3.8) is 0 Å². The molecule has 1 heterocycles. The number of amides is 1. The molecule has 1 fully saturated rings. The van der Waals surface area contributed by atoms with Gasteiger partial charge in [-0.25, -0.2) is 0 Å². The monoisotopic (exact) mass is 228 g/mol. The lowest BCUT2D eigenvalue weighted by molar-refractivity contribution is -0.137. The number of hydrogen-bond acceptors (Lipinski definition) is 2. The van der Waals surface area contributed by atoms with Crippen LogP contribution in [0.2, 0.25) is 0 Å². The van der Waals surface area contributed by atoms with E-state index in [1.165, 1.54) is 6.42 Å². The predicted octanol–water partition coefficient (Wildman–Crippen LogP) is 1.56. The van der Waals surface area contributed by atoms with Crippen LogP contribution in [0.1, 0.15) is 33.6 Å². The van der Waals surface area contributed by atoms with Gasteiger partial charge in [0.2, 0.25) is 5.91 Å². The van der Waals surface area contributed by atoms with Gasteiger partial charge >= 0.3 is 0 Å². The highest BCUT2D eigenvalue weighted by Gasteiger charge is 2.31. The maximum absolute atomic E-state index is 12.1. The van der Waals surface area contributed by atoms with Crippen LogP contribution in [0.25, 0.3) is 0 Å². The van der Waals surface area contributed by atoms with Crippen LogP contribution >= 0.6 is 12.2 Å². The second-order valence-electron chi connectivity index (χ2n) is 4.52. The van der Waals surface area contributed by atoms with Crippen LogP contribution < -0.4 is 5.73 Å². The molecule has 4 heteroatoms. The second-order valence-corrected chi connectivity index (χ2v) is 4.99. The molecule has 3 atom stereocenters. The van der Waals surface area contributed by atoms with Gasteiger partial charge in [0, 0.05) is 12.6 Å². The smallest absolute Gasteiger partial charge is 0.232 e. The summed E-state index contributed by atoms with van der Waals surface area (Å²) in [6, 6.07) is 0.308. The minimum absolute atomic E-state index is 0.0848. The number of thiocarbonyl (C=S) groups is 1. The average molecular weight is 228 g/mol. The van der Waals surface area contributed by atoms with E-state index >= 15 is 0 Å². The molecule has 3 nitrogen and oxygen atoms in total. The number of rotatable bonds is 2. The molecule has 1 saturated heterocycles. The second kappa shape index (κ2) is 4.92. The molecule has 15 heavy (non-hydrogen) atoms. The Morgan fingerprint density at radius 3 is 2.67 bits per heavy atom. The fourth-order valence-corrected chi connectivity index (χ4v) is 2.12. The van der Waals surface area contributed by atoms with Crippen molar-refractivity contribution >= 4 is 23.1 Å². The average Bonchev–Trinajstić information content (AvgIpc) is 2.20. The molecule has 0 spiro atoms. The molecule has 86 valence electrons. The minimum Gasteiger partial charge on any atom is -0.393 e. The lowest BCUT2D eigenvalue weighted by Gasteiger charge is -2.39. The zero-order valence-electron chi connectivity index (χ0n) is 9.69. The highest BCUT2D eigenvalue weighted by atomic mass is 32.1. The van der Waals surface area contributed by atoms with Crippen molar-refractivity contribution in [1.29, 1.82) is 0 Å². The zero-order chi connectivity index (χ0) is 11.6. The summed E-state index contributed by atoms with van der Waals surface area (Å²) >= 11 is 4.86. The molecular formula is C11H20N2OS. The van der Waals surface area contributed by atoms with Gasteiger partial charge in [0.1, 0.15) is 0 Å². The molecule has 0 saturated carbocycles. The summed E-state index contributed by atoms with van der Waals surface area (Å²) in [6.07, 6.45) is 2.29. The Morgan fingerprint density at radius 2 is 2.13 bits per heavy atom. The summed E-state index contributed by atoms with van der Waals surface area (Å²) in [5, 5.41) is 0. The van der Waals surface area contributed by atoms with Crippen LogP contribution in [0.4, 0.5) is 0 Å². The minimum atomic E-state index is -0.326. The van der Waals surface area contributed by atoms with Gasteiger partial charge in [0.25, 0.3) is 0 Å². The van der Waals surface area contributed by atoms with Crippen molar-refractivity contribution in [3.8, 4) is 0 Å². The maximum Gasteiger partial charge on any atom is 0.232 e. The van der Waals surface area contributed by atoms with Gasteiger partial charge in [-0.15, -0.1) is 0 Å². The van der Waals surface area contributed by atoms with Gasteiger partial charge in [-0.05, 0) is 32.6 Å². The highest BCUT2D eigenvalue weighted by molar-refractivity contribution is 7.80. The summed E-state index contributed by atoms with van der Waals surface area (Å²) < 4.78 is 0. The first-order valence-corrected chi connectivity index (χ1v) is 5.95. The normalized spacial score (nSPS) is 28.6. The third kappa shape index (κ3) is 2.68. The number of nitrogens with zero attached hydrogens (tertiary/aromatic N) is 1. The van der Waals surface area contributed by atoms with Gasteiger partial charge in [0.15, 0.2) is 0 Å². The first-order chi connectivity index (χ1) is 6.95. The van der Waals surface area contributed by atoms with E-state index in [9.17, 15) is 4.79 Å². The quantitative estimate of drug-likeness (QED) is 0.730. The lowest BCUT2D eigenvalue weighted by atomic mass is 9.91. The Kier molecular flexibility index (Phi) is 4.08. The van der Waals surface area contributed by atoms with E-state index in [1.807, 2.05) is 4.90 Å². The zero-order valence-corrected chi connectivity index (χ0v) is 10.5. The van der Waals surface area contributed by atoms with Gasteiger partial charge in [-0.1, -0.05) is 19.1 Å². The summed E-state index contributed by atoms with van der Waals surface area (Å²) in [5.41, 5.74) is 5.51. The van der Waals surface area contributed by atoms with E-state index in [0.29, 0.717) is 16.9 Å². The summed E-state index contributed by atoms with van der Waals surface area (Å²) in [7, 11) is 0. The number of piperidine rings is 1. The third-order valence-electron chi connectivity index (χ3n) is 3.45. The van der Waals surface area contributed by atoms with E-state index in [4.69, 9.17) is 18.0 Å². The molecule has 1 aliphatic heterocycles. The molecule has 0 aromatic carbocycles. The lowest BCUT2D eigenvalue weighted by Crippen LogP contribution is -2.49. The summed E-state index contributed by atoms with van der Waals surface area (Å²) in [6.45, 7) is 6.93. The maximum atomic E-state index is 12.1. The van der Waals surface area contributed by atoms with Crippen LogP contribution in [0.5, 0.6) is 0 Å². The molecule has 0 aliphatic carbocycles. The van der Waals surface area contributed by atoms with Crippen LogP contribution in [-0.4, -0.2) is 28.4 Å². The molecular weight excluding hydrogens is 208 g/mol. The van der Waals surface area contributed by atoms with Crippen molar-refractivity contribution in [2.45, 2.75) is 39.7 Å². The SMILES string of the molecule is CC(C(=O)N1CCCC(C)C1C)C(N)=S. The third-order valence-corrected chi connectivity index (χ3v) is 3.81. The number of carbonyl (C=O) groups is 1. The van der Waals surface area contributed by atoms with E-state index in [0.717, 1.165) is 13.0 Å². The van der Waals surface area contributed by atoms with Crippen LogP contribution in [0, 0.1) is 11.8 Å². The Labute approximate surface area is 97.0 Å². The van der Waals surface area contributed by atoms with Crippen molar-refractivity contribution in [2.75, 3.05) is 6.54 Å². The number of hydrogen-bond donors (Lipinski definition) is 1. The Hall–Kier alpha value is -0.640. The fraction of sp³-hybridized carbons (Fsp3) is 0.818. The number of likely N-dealkylation sites (tertiary alicyclic amines) is 1. The highest BCUT2D eigenvalue weighted by Crippen LogP contribution is 2.24. The van der Waals surface area contributed by atoms with Gasteiger partial charge in [0.05, 0.1) is 10.9 Å². The number of carbonyl (C=O) groups excluding carboxylic acids is 1.